The molecule has 0 aliphatic rings. The summed E-state index contributed by atoms with van der Waals surface area (Å²) < 4.78 is 11.9. The molecule has 0 atom stereocenters. The summed E-state index contributed by atoms with van der Waals surface area (Å²) in [4.78, 5) is 39.5. The number of ether oxygens (including phenoxy) is 2. The average molecular weight is 530 g/mol. The molecule has 4 aromatic rings. The van der Waals surface area contributed by atoms with E-state index < -0.39 is 22.7 Å². The van der Waals surface area contributed by atoms with Gasteiger partial charge in [0.05, 0.1) is 43.8 Å². The summed E-state index contributed by atoms with van der Waals surface area (Å²) in [5.41, 5.74) is 4.58. The van der Waals surface area contributed by atoms with Gasteiger partial charge in [-0.15, -0.1) is 0 Å². The van der Waals surface area contributed by atoms with Crippen LogP contribution < -0.4 is 20.2 Å². The van der Waals surface area contributed by atoms with E-state index in [1.807, 2.05) is 0 Å². The summed E-state index contributed by atoms with van der Waals surface area (Å²) in [5.74, 6) is -0.532. The fourth-order valence-electron chi connectivity index (χ4n) is 3.66. The van der Waals surface area contributed by atoms with Crippen LogP contribution in [0.5, 0.6) is 11.5 Å². The Morgan fingerprint density at radius 2 is 1.72 bits per heavy atom. The normalized spacial score (nSPS) is 10.7. The molecule has 0 aliphatic heterocycles. The molecule has 2 N–H and O–H groups in total. The van der Waals surface area contributed by atoms with Gasteiger partial charge in [-0.3, -0.25) is 9.59 Å². The molecule has 0 unspecified atom stereocenters. The maximum Gasteiger partial charge on any atom is 0.490 e. The van der Waals surface area contributed by atoms with Gasteiger partial charge in [-0.05, 0) is 53.0 Å². The monoisotopic (exact) mass is 529 g/mol. The summed E-state index contributed by atoms with van der Waals surface area (Å²) in [6.45, 7) is 0.164. The van der Waals surface area contributed by atoms with Crippen LogP contribution in [0.3, 0.4) is 0 Å². The zero-order valence-electron chi connectivity index (χ0n) is 20.9. The molecule has 4 rings (SSSR count). The molecule has 0 saturated carbocycles. The van der Waals surface area contributed by atoms with Crippen LogP contribution in [0.15, 0.2) is 78.2 Å². The minimum atomic E-state index is -0.679. The number of para-hydroxylation sites is 2. The van der Waals surface area contributed by atoms with Gasteiger partial charge in [0, 0.05) is 10.7 Å². The van der Waals surface area contributed by atoms with Crippen LogP contribution in [-0.4, -0.2) is 51.9 Å². The van der Waals surface area contributed by atoms with Gasteiger partial charge in [0.1, 0.15) is 11.5 Å². The molecular formula is C26H23N7O6. The van der Waals surface area contributed by atoms with Crippen molar-refractivity contribution in [3.05, 3.63) is 105 Å². The van der Waals surface area contributed by atoms with E-state index in [1.165, 1.54) is 31.4 Å². The van der Waals surface area contributed by atoms with Crippen molar-refractivity contribution < 1.29 is 24.0 Å². The number of anilines is 1. The van der Waals surface area contributed by atoms with E-state index in [4.69, 9.17) is 9.47 Å². The highest BCUT2D eigenvalue weighted by Gasteiger charge is 2.17. The second-order valence-electron chi connectivity index (χ2n) is 7.97. The lowest BCUT2D eigenvalue weighted by Crippen LogP contribution is -2.21. The van der Waals surface area contributed by atoms with Gasteiger partial charge in [-0.25, -0.2) is 5.43 Å². The Hall–Kier alpha value is -5.59. The fraction of sp³-hybridized carbons (Fsp3) is 0.115. The van der Waals surface area contributed by atoms with Crippen molar-refractivity contribution in [2.45, 2.75) is 6.54 Å². The van der Waals surface area contributed by atoms with Gasteiger partial charge in [0.25, 0.3) is 11.8 Å². The van der Waals surface area contributed by atoms with Gasteiger partial charge < -0.3 is 24.9 Å². The maximum absolute atomic E-state index is 12.9. The number of carbonyl (C=O) groups excluding carboxylic acids is 2. The van der Waals surface area contributed by atoms with Gasteiger partial charge in [-0.1, -0.05) is 29.2 Å². The predicted octanol–water partition coefficient (Wildman–Crippen LogP) is 3.27. The van der Waals surface area contributed by atoms with Crippen molar-refractivity contribution in [1.29, 1.82) is 0 Å². The number of hydrogen-bond donors (Lipinski definition) is 2. The molecule has 0 radical (unpaired) electrons. The highest BCUT2D eigenvalue weighted by molar-refractivity contribution is 6.10. The average Bonchev–Trinajstić information content (AvgIpc) is 3.42. The van der Waals surface area contributed by atoms with Crippen LogP contribution in [0.1, 0.15) is 31.8 Å². The topological polar surface area (TPSA) is 163 Å². The smallest absolute Gasteiger partial charge is 0.490 e. The number of benzene rings is 3. The largest absolute Gasteiger partial charge is 0.496 e. The van der Waals surface area contributed by atoms with E-state index in [2.05, 4.69) is 25.9 Å². The summed E-state index contributed by atoms with van der Waals surface area (Å²) in [5, 5.41) is 21.4. The Bertz CT molecular complexity index is 1550. The lowest BCUT2D eigenvalue weighted by molar-refractivity contribution is -0.394. The van der Waals surface area contributed by atoms with E-state index in [9.17, 15) is 19.7 Å². The van der Waals surface area contributed by atoms with Crippen molar-refractivity contribution in [3.8, 4) is 11.5 Å². The van der Waals surface area contributed by atoms with Gasteiger partial charge >= 0.3 is 5.95 Å². The SMILES string of the molecule is COc1ccc(C=NNC(=O)c2ccccc2NC(=O)c2ccccc2OC)cc1Cn1cnc([N+](=O)[O-])n1. The standard InChI is InChI=1S/C26H23N7O6/c1-38-22-12-11-17(13-18(22)15-32-16-27-26(31-32)33(36)37)14-28-30-25(35)19-7-3-5-9-21(19)29-24(34)20-8-4-6-10-23(20)39-2/h3-14,16H,15H2,1-2H3,(H,29,34)(H,30,35). The van der Waals surface area contributed by atoms with Crippen molar-refractivity contribution in [2.24, 2.45) is 5.10 Å². The number of hydrazone groups is 1. The molecule has 39 heavy (non-hydrogen) atoms. The molecular weight excluding hydrogens is 506 g/mol. The molecule has 0 saturated heterocycles. The van der Waals surface area contributed by atoms with Crippen molar-refractivity contribution in [3.63, 3.8) is 0 Å². The molecule has 13 nitrogen and oxygen atoms in total. The molecule has 198 valence electrons. The van der Waals surface area contributed by atoms with Gasteiger partial charge in [0.2, 0.25) is 6.33 Å². The quantitative estimate of drug-likeness (QED) is 0.180. The minimum Gasteiger partial charge on any atom is -0.496 e. The van der Waals surface area contributed by atoms with Gasteiger partial charge in [-0.2, -0.15) is 9.78 Å². The number of nitro groups is 1. The first-order valence-corrected chi connectivity index (χ1v) is 11.5. The first-order valence-electron chi connectivity index (χ1n) is 11.5. The van der Waals surface area contributed by atoms with E-state index in [1.54, 1.807) is 66.7 Å². The first kappa shape index (κ1) is 26.5. The van der Waals surface area contributed by atoms with Crippen LogP contribution in [0.25, 0.3) is 0 Å². The first-order chi connectivity index (χ1) is 18.9. The summed E-state index contributed by atoms with van der Waals surface area (Å²) in [6, 6.07) is 18.5. The summed E-state index contributed by atoms with van der Waals surface area (Å²) in [7, 11) is 2.97. The minimum absolute atomic E-state index is 0.164. The maximum atomic E-state index is 12.9. The highest BCUT2D eigenvalue weighted by Crippen LogP contribution is 2.22. The molecule has 0 aliphatic carbocycles. The Morgan fingerprint density at radius 3 is 2.44 bits per heavy atom. The number of amides is 2. The number of methoxy groups -OCH3 is 2. The van der Waals surface area contributed by atoms with Gasteiger partial charge in [0.15, 0.2) is 0 Å². The van der Waals surface area contributed by atoms with E-state index >= 15 is 0 Å². The third kappa shape index (κ3) is 6.40. The van der Waals surface area contributed by atoms with Crippen LogP contribution >= 0.6 is 0 Å². The van der Waals surface area contributed by atoms with Crippen LogP contribution in [0, 0.1) is 10.1 Å². The Balaban J connectivity index is 1.46. The second-order valence-corrected chi connectivity index (χ2v) is 7.97. The number of rotatable bonds is 10. The van der Waals surface area contributed by atoms with E-state index in [0.29, 0.717) is 33.9 Å². The summed E-state index contributed by atoms with van der Waals surface area (Å²) >= 11 is 0. The summed E-state index contributed by atoms with van der Waals surface area (Å²) in [6.07, 6.45) is 2.68. The van der Waals surface area contributed by atoms with Crippen LogP contribution in [0.4, 0.5) is 11.6 Å². The third-order valence-electron chi connectivity index (χ3n) is 5.48. The predicted molar refractivity (Wildman–Crippen MR) is 141 cm³/mol. The number of aromatic nitrogens is 3. The zero-order valence-corrected chi connectivity index (χ0v) is 20.9. The molecule has 0 fully saturated rings. The number of nitrogens with one attached hydrogen (secondary N) is 2. The lowest BCUT2D eigenvalue weighted by Gasteiger charge is -2.12. The van der Waals surface area contributed by atoms with Crippen LogP contribution in [-0.2, 0) is 6.54 Å². The fourth-order valence-corrected chi connectivity index (χ4v) is 3.66. The molecule has 1 heterocycles. The molecule has 3 aromatic carbocycles. The van der Waals surface area contributed by atoms with Crippen molar-refractivity contribution in [1.82, 2.24) is 20.2 Å². The molecule has 1 aromatic heterocycles. The molecule has 0 bridgehead atoms. The van der Waals surface area contributed by atoms with E-state index in [-0.39, 0.29) is 12.1 Å². The van der Waals surface area contributed by atoms with Crippen molar-refractivity contribution in [2.75, 3.05) is 19.5 Å². The number of carbonyl (C=O) groups is 2. The van der Waals surface area contributed by atoms with Crippen LogP contribution in [0.2, 0.25) is 0 Å². The lowest BCUT2D eigenvalue weighted by atomic mass is 10.1. The third-order valence-corrected chi connectivity index (χ3v) is 5.48. The molecule has 0 spiro atoms. The Labute approximate surface area is 222 Å². The number of hydrogen-bond acceptors (Lipinski definition) is 9. The molecule has 13 heteroatoms. The highest BCUT2D eigenvalue weighted by atomic mass is 16.6. The Kier molecular flexibility index (Phi) is 8.21. The number of nitrogens with zero attached hydrogens (tertiary/aromatic N) is 5. The zero-order chi connectivity index (χ0) is 27.8. The molecule has 2 amide bonds. The van der Waals surface area contributed by atoms with E-state index in [0.717, 1.165) is 0 Å². The van der Waals surface area contributed by atoms with Crippen molar-refractivity contribution >= 4 is 29.7 Å². The Morgan fingerprint density at radius 1 is 1.00 bits per heavy atom. The second kappa shape index (κ2) is 12.1.